The monoisotopic (exact) mass is 546 g/mol. The van der Waals surface area contributed by atoms with Gasteiger partial charge in [-0.2, -0.15) is 0 Å². The Kier molecular flexibility index (Phi) is 9.64. The molecule has 0 bridgehead atoms. The van der Waals surface area contributed by atoms with Gasteiger partial charge in [0, 0.05) is 50.2 Å². The van der Waals surface area contributed by atoms with E-state index in [1.165, 1.54) is 5.56 Å². The molecule has 1 aromatic carbocycles. The molecule has 0 aliphatic carbocycles. The Hall–Kier alpha value is -1.06. The minimum atomic E-state index is 0. The molecule has 0 atom stereocenters. The summed E-state index contributed by atoms with van der Waals surface area (Å²) in [5, 5.41) is 6.93. The van der Waals surface area contributed by atoms with Gasteiger partial charge in [0.1, 0.15) is 5.76 Å². The average molecular weight is 547 g/mol. The van der Waals surface area contributed by atoms with E-state index in [-0.39, 0.29) is 24.0 Å². The Labute approximate surface area is 187 Å². The summed E-state index contributed by atoms with van der Waals surface area (Å²) in [5.41, 5.74) is 1.37. The first-order valence-electron chi connectivity index (χ1n) is 9.19. The fourth-order valence-corrected chi connectivity index (χ4v) is 3.49. The number of piperidine rings is 1. The van der Waals surface area contributed by atoms with Gasteiger partial charge in [-0.05, 0) is 42.7 Å². The van der Waals surface area contributed by atoms with Crippen LogP contribution in [0.3, 0.4) is 0 Å². The first-order chi connectivity index (χ1) is 12.7. The van der Waals surface area contributed by atoms with E-state index in [4.69, 9.17) is 4.42 Å². The highest BCUT2D eigenvalue weighted by Crippen LogP contribution is 2.16. The second-order valence-corrected chi connectivity index (χ2v) is 7.57. The summed E-state index contributed by atoms with van der Waals surface area (Å²) in [6.07, 6.45) is 4.84. The first kappa shape index (κ1) is 22.2. The van der Waals surface area contributed by atoms with Crippen LogP contribution in [0, 0.1) is 0 Å². The number of furan rings is 1. The molecule has 0 saturated carbocycles. The molecule has 2 heterocycles. The van der Waals surface area contributed by atoms with E-state index in [0.717, 1.165) is 61.6 Å². The van der Waals surface area contributed by atoms with Crippen LogP contribution in [0.5, 0.6) is 0 Å². The highest BCUT2D eigenvalue weighted by Gasteiger charge is 2.20. The van der Waals surface area contributed by atoms with Crippen LogP contribution in [0.25, 0.3) is 0 Å². The molecule has 0 spiro atoms. The lowest BCUT2D eigenvalue weighted by Gasteiger charge is -2.33. The normalized spacial score (nSPS) is 16.0. The van der Waals surface area contributed by atoms with Gasteiger partial charge in [0.05, 0.1) is 6.26 Å². The highest BCUT2D eigenvalue weighted by atomic mass is 127. The standard InChI is InChI=1S/C20H27BrN4O.HI/c1-22-20(23-11-8-19-3-2-14-26-19)24-18-9-12-25(13-10-18)15-16-4-6-17(21)7-5-16;/h2-7,14,18H,8-13,15H2,1H3,(H2,22,23,24);1H. The Bertz CT molecular complexity index is 683. The highest BCUT2D eigenvalue weighted by molar-refractivity contribution is 14.0. The molecule has 2 aromatic rings. The van der Waals surface area contributed by atoms with Gasteiger partial charge >= 0.3 is 0 Å². The van der Waals surface area contributed by atoms with Crippen molar-refractivity contribution in [2.75, 3.05) is 26.7 Å². The lowest BCUT2D eigenvalue weighted by molar-refractivity contribution is 0.198. The van der Waals surface area contributed by atoms with E-state index >= 15 is 0 Å². The Morgan fingerprint density at radius 2 is 1.96 bits per heavy atom. The number of likely N-dealkylation sites (tertiary alicyclic amines) is 1. The van der Waals surface area contributed by atoms with Crippen molar-refractivity contribution in [2.45, 2.75) is 31.8 Å². The van der Waals surface area contributed by atoms with Gasteiger partial charge in [-0.15, -0.1) is 24.0 Å². The third kappa shape index (κ3) is 7.46. The minimum Gasteiger partial charge on any atom is -0.469 e. The van der Waals surface area contributed by atoms with Crippen LogP contribution in [-0.2, 0) is 13.0 Å². The van der Waals surface area contributed by atoms with Gasteiger partial charge in [-0.25, -0.2) is 0 Å². The fourth-order valence-electron chi connectivity index (χ4n) is 3.23. The molecule has 27 heavy (non-hydrogen) atoms. The third-order valence-corrected chi connectivity index (χ3v) is 5.24. The summed E-state index contributed by atoms with van der Waals surface area (Å²) in [7, 11) is 1.82. The maximum absolute atomic E-state index is 5.36. The van der Waals surface area contributed by atoms with E-state index in [1.807, 2.05) is 19.2 Å². The molecular weight excluding hydrogens is 519 g/mol. The second kappa shape index (κ2) is 11.7. The molecule has 0 amide bonds. The molecule has 1 aliphatic heterocycles. The number of nitrogens with one attached hydrogen (secondary N) is 2. The van der Waals surface area contributed by atoms with E-state index in [0.29, 0.717) is 6.04 Å². The number of hydrogen-bond acceptors (Lipinski definition) is 3. The third-order valence-electron chi connectivity index (χ3n) is 4.72. The van der Waals surface area contributed by atoms with Gasteiger partial charge in [-0.3, -0.25) is 9.89 Å². The van der Waals surface area contributed by atoms with Crippen molar-refractivity contribution in [3.8, 4) is 0 Å². The van der Waals surface area contributed by atoms with Crippen LogP contribution >= 0.6 is 39.9 Å². The van der Waals surface area contributed by atoms with Gasteiger partial charge in [0.2, 0.25) is 0 Å². The summed E-state index contributed by atoms with van der Waals surface area (Å²) < 4.78 is 6.49. The minimum absolute atomic E-state index is 0. The largest absolute Gasteiger partial charge is 0.469 e. The summed E-state index contributed by atoms with van der Waals surface area (Å²) in [5.74, 6) is 1.87. The topological polar surface area (TPSA) is 52.8 Å². The quantitative estimate of drug-likeness (QED) is 0.326. The van der Waals surface area contributed by atoms with Crippen LogP contribution in [0.4, 0.5) is 0 Å². The van der Waals surface area contributed by atoms with E-state index < -0.39 is 0 Å². The van der Waals surface area contributed by atoms with Crippen molar-refractivity contribution in [1.29, 1.82) is 0 Å². The smallest absolute Gasteiger partial charge is 0.191 e. The predicted octanol–water partition coefficient (Wildman–Crippen LogP) is 4.03. The molecule has 1 aliphatic rings. The summed E-state index contributed by atoms with van der Waals surface area (Å²) in [6.45, 7) is 4.06. The summed E-state index contributed by atoms with van der Waals surface area (Å²) in [4.78, 5) is 6.86. The molecule has 3 rings (SSSR count). The molecule has 1 fully saturated rings. The molecule has 0 radical (unpaired) electrons. The van der Waals surface area contributed by atoms with E-state index in [9.17, 15) is 0 Å². The Morgan fingerprint density at radius 1 is 1.22 bits per heavy atom. The average Bonchev–Trinajstić information content (AvgIpc) is 3.18. The lowest BCUT2D eigenvalue weighted by Crippen LogP contribution is -2.48. The van der Waals surface area contributed by atoms with Crippen molar-refractivity contribution in [3.63, 3.8) is 0 Å². The number of nitrogens with zero attached hydrogens (tertiary/aromatic N) is 2. The van der Waals surface area contributed by atoms with Crippen LogP contribution < -0.4 is 10.6 Å². The summed E-state index contributed by atoms with van der Waals surface area (Å²) >= 11 is 3.49. The van der Waals surface area contributed by atoms with Crippen LogP contribution in [0.15, 0.2) is 56.5 Å². The molecule has 7 heteroatoms. The number of guanidine groups is 1. The van der Waals surface area contributed by atoms with Crippen molar-refractivity contribution in [1.82, 2.24) is 15.5 Å². The van der Waals surface area contributed by atoms with E-state index in [2.05, 4.69) is 60.7 Å². The molecule has 1 saturated heterocycles. The number of aliphatic imine (C=N–C) groups is 1. The zero-order valence-corrected chi connectivity index (χ0v) is 19.6. The van der Waals surface area contributed by atoms with Crippen LogP contribution in [-0.4, -0.2) is 43.6 Å². The van der Waals surface area contributed by atoms with Gasteiger partial charge in [-0.1, -0.05) is 28.1 Å². The predicted molar refractivity (Wildman–Crippen MR) is 125 cm³/mol. The molecule has 0 unspecified atom stereocenters. The molecule has 2 N–H and O–H groups in total. The number of benzene rings is 1. The number of rotatable bonds is 6. The van der Waals surface area contributed by atoms with Crippen LogP contribution in [0.1, 0.15) is 24.2 Å². The molecule has 148 valence electrons. The van der Waals surface area contributed by atoms with Crippen LogP contribution in [0.2, 0.25) is 0 Å². The Morgan fingerprint density at radius 3 is 2.59 bits per heavy atom. The van der Waals surface area contributed by atoms with Crippen molar-refractivity contribution < 1.29 is 4.42 Å². The van der Waals surface area contributed by atoms with Crippen molar-refractivity contribution >= 4 is 45.9 Å². The van der Waals surface area contributed by atoms with Gasteiger partial charge < -0.3 is 15.1 Å². The zero-order chi connectivity index (χ0) is 18.2. The maximum Gasteiger partial charge on any atom is 0.191 e. The zero-order valence-electron chi connectivity index (χ0n) is 15.7. The molecular formula is C20H28BrIN4O. The summed E-state index contributed by atoms with van der Waals surface area (Å²) in [6, 6.07) is 13.0. The van der Waals surface area contributed by atoms with E-state index in [1.54, 1.807) is 6.26 Å². The van der Waals surface area contributed by atoms with Crippen molar-refractivity contribution in [2.24, 2.45) is 4.99 Å². The molecule has 1 aromatic heterocycles. The number of hydrogen-bond donors (Lipinski definition) is 2. The Balaban J connectivity index is 0.00000261. The van der Waals surface area contributed by atoms with Crippen molar-refractivity contribution in [3.05, 3.63) is 58.5 Å². The fraction of sp³-hybridized carbons (Fsp3) is 0.450. The second-order valence-electron chi connectivity index (χ2n) is 6.65. The number of halogens is 2. The maximum atomic E-state index is 5.36. The van der Waals surface area contributed by atoms with Gasteiger partial charge in [0.25, 0.3) is 0 Å². The van der Waals surface area contributed by atoms with Gasteiger partial charge in [0.15, 0.2) is 5.96 Å². The first-order valence-corrected chi connectivity index (χ1v) is 9.98. The molecule has 5 nitrogen and oxygen atoms in total. The lowest BCUT2D eigenvalue weighted by atomic mass is 10.0. The SMILES string of the molecule is CN=C(NCCc1ccco1)NC1CCN(Cc2ccc(Br)cc2)CC1.I.